The highest BCUT2D eigenvalue weighted by molar-refractivity contribution is 6.03. The first-order chi connectivity index (χ1) is 13.0. The van der Waals surface area contributed by atoms with Gasteiger partial charge in [0.1, 0.15) is 5.75 Å². The molecule has 0 aliphatic carbocycles. The molecule has 27 heavy (non-hydrogen) atoms. The first kappa shape index (κ1) is 19.0. The van der Waals surface area contributed by atoms with E-state index in [0.29, 0.717) is 19.1 Å². The highest BCUT2D eigenvalue weighted by Crippen LogP contribution is 2.29. The zero-order chi connectivity index (χ0) is 19.4. The molecule has 0 bridgehead atoms. The van der Waals surface area contributed by atoms with Crippen LogP contribution in [0, 0.1) is 5.92 Å². The van der Waals surface area contributed by atoms with Crippen molar-refractivity contribution < 1.29 is 14.3 Å². The first-order valence-electron chi connectivity index (χ1n) is 9.42. The van der Waals surface area contributed by atoms with Crippen LogP contribution in [0.25, 0.3) is 0 Å². The minimum absolute atomic E-state index is 0.0311. The number of ether oxygens (including phenoxy) is 1. The minimum Gasteiger partial charge on any atom is -0.494 e. The number of para-hydroxylation sites is 1. The van der Waals surface area contributed by atoms with Crippen molar-refractivity contribution in [2.24, 2.45) is 5.92 Å². The van der Waals surface area contributed by atoms with Crippen molar-refractivity contribution >= 4 is 23.2 Å². The molecule has 142 valence electrons. The fourth-order valence-corrected chi connectivity index (χ4v) is 3.37. The molecule has 2 aromatic rings. The number of hydrogen-bond donors (Lipinski definition) is 1. The van der Waals surface area contributed by atoms with E-state index < -0.39 is 0 Å². The molecule has 5 heteroatoms. The van der Waals surface area contributed by atoms with Gasteiger partial charge in [-0.15, -0.1) is 0 Å². The summed E-state index contributed by atoms with van der Waals surface area (Å²) in [6.07, 6.45) is 0.225. The lowest BCUT2D eigenvalue weighted by Gasteiger charge is -2.18. The molecule has 0 unspecified atom stereocenters. The molecule has 1 aliphatic heterocycles. The fourth-order valence-electron chi connectivity index (χ4n) is 3.37. The molecular weight excluding hydrogens is 340 g/mol. The van der Waals surface area contributed by atoms with E-state index in [0.717, 1.165) is 22.7 Å². The van der Waals surface area contributed by atoms with Crippen molar-refractivity contribution in [1.29, 1.82) is 0 Å². The summed E-state index contributed by atoms with van der Waals surface area (Å²) in [5, 5.41) is 3.01. The summed E-state index contributed by atoms with van der Waals surface area (Å²) in [4.78, 5) is 26.9. The number of amides is 2. The third-order valence-electron chi connectivity index (χ3n) is 4.80. The molecule has 0 saturated carbocycles. The average molecular weight is 366 g/mol. The quantitative estimate of drug-likeness (QED) is 0.833. The summed E-state index contributed by atoms with van der Waals surface area (Å²) in [5.74, 6) is 0.588. The largest absolute Gasteiger partial charge is 0.494 e. The Labute approximate surface area is 160 Å². The molecule has 1 saturated heterocycles. The van der Waals surface area contributed by atoms with E-state index in [1.54, 1.807) is 4.90 Å². The van der Waals surface area contributed by atoms with Gasteiger partial charge in [0.25, 0.3) is 0 Å². The number of benzene rings is 2. The number of hydrogen-bond acceptors (Lipinski definition) is 3. The van der Waals surface area contributed by atoms with E-state index >= 15 is 0 Å². The van der Waals surface area contributed by atoms with Crippen LogP contribution in [0.1, 0.15) is 38.7 Å². The van der Waals surface area contributed by atoms with Gasteiger partial charge in [-0.3, -0.25) is 9.59 Å². The molecular formula is C22H26N2O3. The van der Waals surface area contributed by atoms with Crippen LogP contribution < -0.4 is 15.0 Å². The third-order valence-corrected chi connectivity index (χ3v) is 4.80. The molecule has 1 N–H and O–H groups in total. The van der Waals surface area contributed by atoms with Crippen LogP contribution in [0.5, 0.6) is 5.75 Å². The third kappa shape index (κ3) is 4.30. The molecule has 1 atom stereocenters. The van der Waals surface area contributed by atoms with Crippen LogP contribution in [0.3, 0.4) is 0 Å². The van der Waals surface area contributed by atoms with Crippen molar-refractivity contribution in [3.05, 3.63) is 54.1 Å². The highest BCUT2D eigenvalue weighted by Gasteiger charge is 2.35. The van der Waals surface area contributed by atoms with E-state index in [2.05, 4.69) is 19.2 Å². The second kappa shape index (κ2) is 8.25. The highest BCUT2D eigenvalue weighted by atomic mass is 16.5. The van der Waals surface area contributed by atoms with E-state index in [-0.39, 0.29) is 24.2 Å². The van der Waals surface area contributed by atoms with Crippen LogP contribution in [0.2, 0.25) is 0 Å². The number of carbonyl (C=O) groups excluding carboxylic acids is 2. The number of nitrogens with zero attached hydrogens (tertiary/aromatic N) is 1. The molecule has 1 fully saturated rings. The van der Waals surface area contributed by atoms with Gasteiger partial charge in [-0.2, -0.15) is 0 Å². The Morgan fingerprint density at radius 2 is 1.89 bits per heavy atom. The Morgan fingerprint density at radius 3 is 2.56 bits per heavy atom. The molecule has 1 heterocycles. The molecule has 2 aromatic carbocycles. The van der Waals surface area contributed by atoms with Gasteiger partial charge in [-0.25, -0.2) is 0 Å². The zero-order valence-electron chi connectivity index (χ0n) is 16.1. The fraction of sp³-hybridized carbons (Fsp3) is 0.364. The second-order valence-electron chi connectivity index (χ2n) is 7.06. The predicted molar refractivity (Wildman–Crippen MR) is 107 cm³/mol. The number of rotatable bonds is 6. The maximum atomic E-state index is 12.7. The van der Waals surface area contributed by atoms with Gasteiger partial charge >= 0.3 is 0 Å². The molecule has 0 radical (unpaired) electrons. The standard InChI is InChI=1S/C22H26N2O3/c1-4-27-18-11-9-17(10-12-18)24-14-16(13-21(24)25)22(26)23-20-8-6-5-7-19(20)15(2)3/h5-12,15-16H,4,13-14H2,1-3H3,(H,23,26)/t16-/m0/s1. The lowest BCUT2D eigenvalue weighted by atomic mass is 10.0. The Kier molecular flexibility index (Phi) is 5.79. The van der Waals surface area contributed by atoms with Crippen LogP contribution >= 0.6 is 0 Å². The molecule has 1 aliphatic rings. The van der Waals surface area contributed by atoms with Gasteiger partial charge in [-0.05, 0) is 48.7 Å². The van der Waals surface area contributed by atoms with Crippen LogP contribution in [-0.4, -0.2) is 25.0 Å². The van der Waals surface area contributed by atoms with Crippen molar-refractivity contribution in [3.8, 4) is 5.75 Å². The Balaban J connectivity index is 1.69. The van der Waals surface area contributed by atoms with Gasteiger partial charge in [0.05, 0.1) is 12.5 Å². The summed E-state index contributed by atoms with van der Waals surface area (Å²) < 4.78 is 5.44. The van der Waals surface area contributed by atoms with Gasteiger partial charge < -0.3 is 15.0 Å². The van der Waals surface area contributed by atoms with Crippen LogP contribution in [0.15, 0.2) is 48.5 Å². The summed E-state index contributed by atoms with van der Waals surface area (Å²) in [6, 6.07) is 15.2. The Morgan fingerprint density at radius 1 is 1.19 bits per heavy atom. The van der Waals surface area contributed by atoms with Gasteiger partial charge in [0.15, 0.2) is 0 Å². The predicted octanol–water partition coefficient (Wildman–Crippen LogP) is 4.20. The van der Waals surface area contributed by atoms with Crippen LogP contribution in [0.4, 0.5) is 11.4 Å². The average Bonchev–Trinajstić information content (AvgIpc) is 3.05. The van der Waals surface area contributed by atoms with Crippen molar-refractivity contribution in [2.75, 3.05) is 23.4 Å². The topological polar surface area (TPSA) is 58.6 Å². The molecule has 0 aromatic heterocycles. The lowest BCUT2D eigenvalue weighted by Crippen LogP contribution is -2.28. The Hall–Kier alpha value is -2.82. The molecule has 2 amide bonds. The molecule has 5 nitrogen and oxygen atoms in total. The summed E-state index contributed by atoms with van der Waals surface area (Å²) in [6.45, 7) is 7.11. The van der Waals surface area contributed by atoms with Crippen molar-refractivity contribution in [1.82, 2.24) is 0 Å². The van der Waals surface area contributed by atoms with E-state index in [1.807, 2.05) is 55.5 Å². The maximum absolute atomic E-state index is 12.7. The Bertz CT molecular complexity index is 815. The SMILES string of the molecule is CCOc1ccc(N2C[C@@H](C(=O)Nc3ccccc3C(C)C)CC2=O)cc1. The number of carbonyl (C=O) groups is 2. The monoisotopic (exact) mass is 366 g/mol. The maximum Gasteiger partial charge on any atom is 0.229 e. The first-order valence-corrected chi connectivity index (χ1v) is 9.42. The zero-order valence-corrected chi connectivity index (χ0v) is 16.1. The summed E-state index contributed by atoms with van der Waals surface area (Å²) >= 11 is 0. The van der Waals surface area contributed by atoms with E-state index in [4.69, 9.17) is 4.74 Å². The van der Waals surface area contributed by atoms with Gasteiger partial charge in [-0.1, -0.05) is 32.0 Å². The van der Waals surface area contributed by atoms with E-state index in [9.17, 15) is 9.59 Å². The van der Waals surface area contributed by atoms with Crippen LogP contribution in [-0.2, 0) is 9.59 Å². The van der Waals surface area contributed by atoms with Crippen molar-refractivity contribution in [3.63, 3.8) is 0 Å². The van der Waals surface area contributed by atoms with E-state index in [1.165, 1.54) is 0 Å². The van der Waals surface area contributed by atoms with Gasteiger partial charge in [0.2, 0.25) is 11.8 Å². The molecule has 3 rings (SSSR count). The second-order valence-corrected chi connectivity index (χ2v) is 7.06. The number of nitrogens with one attached hydrogen (secondary N) is 1. The lowest BCUT2D eigenvalue weighted by molar-refractivity contribution is -0.122. The smallest absolute Gasteiger partial charge is 0.229 e. The van der Waals surface area contributed by atoms with Gasteiger partial charge in [0, 0.05) is 24.3 Å². The summed E-state index contributed by atoms with van der Waals surface area (Å²) in [7, 11) is 0. The number of anilines is 2. The summed E-state index contributed by atoms with van der Waals surface area (Å²) in [5.41, 5.74) is 2.71. The molecule has 0 spiro atoms. The normalized spacial score (nSPS) is 16.7. The minimum atomic E-state index is -0.357. The van der Waals surface area contributed by atoms with Crippen molar-refractivity contribution in [2.45, 2.75) is 33.1 Å².